The molecule has 1 heterocycles. The summed E-state index contributed by atoms with van der Waals surface area (Å²) in [4.78, 5) is 24.8. The van der Waals surface area contributed by atoms with Gasteiger partial charge in [-0.1, -0.05) is 36.0 Å². The van der Waals surface area contributed by atoms with Gasteiger partial charge in [-0.2, -0.15) is 0 Å². The molecule has 0 aliphatic carbocycles. The lowest BCUT2D eigenvalue weighted by Gasteiger charge is -2.15. The number of para-hydroxylation sites is 2. The molecule has 1 atom stereocenters. The Kier molecular flexibility index (Phi) is 7.82. The highest BCUT2D eigenvalue weighted by Crippen LogP contribution is 2.25. The highest BCUT2D eigenvalue weighted by atomic mass is 32.2. The lowest BCUT2D eigenvalue weighted by atomic mass is 10.2. The molecule has 32 heavy (non-hydrogen) atoms. The summed E-state index contributed by atoms with van der Waals surface area (Å²) in [5.41, 5.74) is 0.548. The largest absolute Gasteiger partial charge is 0.495 e. The maximum atomic E-state index is 13.9. The van der Waals surface area contributed by atoms with Gasteiger partial charge in [-0.05, 0) is 38.1 Å². The van der Waals surface area contributed by atoms with E-state index >= 15 is 0 Å². The van der Waals surface area contributed by atoms with Gasteiger partial charge in [0.05, 0.1) is 30.2 Å². The highest BCUT2D eigenvalue weighted by Gasteiger charge is 2.21. The fraction of sp³-hybridized carbons (Fsp3) is 0.273. The number of thioether (sulfide) groups is 1. The molecule has 8 nitrogen and oxygen atoms in total. The van der Waals surface area contributed by atoms with Crippen LogP contribution in [0.2, 0.25) is 0 Å². The molecule has 0 saturated heterocycles. The van der Waals surface area contributed by atoms with Crippen LogP contribution in [0.3, 0.4) is 0 Å². The van der Waals surface area contributed by atoms with Crippen LogP contribution < -0.4 is 15.4 Å². The maximum absolute atomic E-state index is 13.9. The number of carbonyl (C=O) groups excluding carboxylic acids is 2. The Hall–Kier alpha value is -3.40. The van der Waals surface area contributed by atoms with E-state index in [0.717, 1.165) is 0 Å². The lowest BCUT2D eigenvalue weighted by Crippen LogP contribution is -2.29. The quantitative estimate of drug-likeness (QED) is 0.476. The molecule has 1 aromatic heterocycles. The number of anilines is 1. The van der Waals surface area contributed by atoms with Crippen molar-refractivity contribution in [3.63, 3.8) is 0 Å². The number of aromatic nitrogens is 3. The zero-order chi connectivity index (χ0) is 23.1. The van der Waals surface area contributed by atoms with E-state index in [1.165, 1.54) is 37.1 Å². The van der Waals surface area contributed by atoms with Crippen LogP contribution in [-0.4, -0.2) is 39.4 Å². The zero-order valence-electron chi connectivity index (χ0n) is 18.0. The first kappa shape index (κ1) is 23.3. The molecule has 0 aliphatic rings. The minimum absolute atomic E-state index is 0.0375. The molecule has 0 aliphatic heterocycles. The van der Waals surface area contributed by atoms with Gasteiger partial charge in [0.1, 0.15) is 11.6 Å². The van der Waals surface area contributed by atoms with Crippen LogP contribution in [0.25, 0.3) is 0 Å². The Labute approximate surface area is 189 Å². The SMILES string of the molecule is CCn1c(SCC(=O)Nc2ccccc2OC)nnc1[C@@H](C)NC(=O)c1ccccc1F. The van der Waals surface area contributed by atoms with E-state index in [1.54, 1.807) is 25.1 Å². The summed E-state index contributed by atoms with van der Waals surface area (Å²) in [5, 5.41) is 14.4. The smallest absolute Gasteiger partial charge is 0.254 e. The van der Waals surface area contributed by atoms with E-state index in [1.807, 2.05) is 23.6 Å². The van der Waals surface area contributed by atoms with Crippen molar-refractivity contribution in [1.29, 1.82) is 0 Å². The Bertz CT molecular complexity index is 1100. The number of ether oxygens (including phenoxy) is 1. The average molecular weight is 458 g/mol. The van der Waals surface area contributed by atoms with Gasteiger partial charge in [0.25, 0.3) is 5.91 Å². The first-order valence-corrected chi connectivity index (χ1v) is 11.0. The Morgan fingerprint density at radius 1 is 1.16 bits per heavy atom. The van der Waals surface area contributed by atoms with Gasteiger partial charge in [0.15, 0.2) is 11.0 Å². The molecule has 0 saturated carbocycles. The number of nitrogens with one attached hydrogen (secondary N) is 2. The van der Waals surface area contributed by atoms with Crippen LogP contribution in [-0.2, 0) is 11.3 Å². The normalized spacial score (nSPS) is 11.6. The van der Waals surface area contributed by atoms with Crippen LogP contribution in [0, 0.1) is 5.82 Å². The molecule has 0 bridgehead atoms. The average Bonchev–Trinajstić information content (AvgIpc) is 3.21. The van der Waals surface area contributed by atoms with Crippen LogP contribution >= 0.6 is 11.8 Å². The summed E-state index contributed by atoms with van der Waals surface area (Å²) in [5.74, 6) is -0.133. The van der Waals surface area contributed by atoms with Crippen molar-refractivity contribution in [2.45, 2.75) is 31.6 Å². The van der Waals surface area contributed by atoms with Gasteiger partial charge in [-0.15, -0.1) is 10.2 Å². The summed E-state index contributed by atoms with van der Waals surface area (Å²) < 4.78 is 20.9. The molecule has 0 radical (unpaired) electrons. The number of carbonyl (C=O) groups is 2. The van der Waals surface area contributed by atoms with Crippen LogP contribution in [0.15, 0.2) is 53.7 Å². The van der Waals surface area contributed by atoms with Gasteiger partial charge in [0, 0.05) is 6.54 Å². The van der Waals surface area contributed by atoms with Crippen molar-refractivity contribution in [2.75, 3.05) is 18.2 Å². The van der Waals surface area contributed by atoms with Crippen LogP contribution in [0.1, 0.15) is 36.1 Å². The predicted molar refractivity (Wildman–Crippen MR) is 120 cm³/mol. The summed E-state index contributed by atoms with van der Waals surface area (Å²) >= 11 is 1.23. The molecule has 3 rings (SSSR count). The second-order valence-corrected chi connectivity index (χ2v) is 7.74. The van der Waals surface area contributed by atoms with E-state index in [2.05, 4.69) is 20.8 Å². The molecule has 2 N–H and O–H groups in total. The topological polar surface area (TPSA) is 98.1 Å². The van der Waals surface area contributed by atoms with Crippen LogP contribution in [0.4, 0.5) is 10.1 Å². The standard InChI is InChI=1S/C22H24FN5O3S/c1-4-28-20(14(2)24-21(30)15-9-5-6-10-16(15)23)26-27-22(28)32-13-19(29)25-17-11-7-8-12-18(17)31-3/h5-12,14H,4,13H2,1-3H3,(H,24,30)(H,25,29)/t14-/m1/s1. The third kappa shape index (κ3) is 5.44. The van der Waals surface area contributed by atoms with E-state index in [9.17, 15) is 14.0 Å². The molecule has 10 heteroatoms. The van der Waals surface area contributed by atoms with Crippen molar-refractivity contribution in [1.82, 2.24) is 20.1 Å². The van der Waals surface area contributed by atoms with Gasteiger partial charge in [0.2, 0.25) is 5.91 Å². The number of halogens is 1. The first-order valence-electron chi connectivity index (χ1n) is 9.98. The Morgan fingerprint density at radius 2 is 1.88 bits per heavy atom. The molecule has 0 fully saturated rings. The van der Waals surface area contributed by atoms with Gasteiger partial charge < -0.3 is 19.9 Å². The predicted octanol–water partition coefficient (Wildman–Crippen LogP) is 3.67. The van der Waals surface area contributed by atoms with E-state index < -0.39 is 17.8 Å². The van der Waals surface area contributed by atoms with Gasteiger partial charge in [-0.3, -0.25) is 9.59 Å². The molecule has 3 aromatic rings. The molecule has 0 unspecified atom stereocenters. The maximum Gasteiger partial charge on any atom is 0.254 e. The lowest BCUT2D eigenvalue weighted by molar-refractivity contribution is -0.113. The minimum atomic E-state index is -0.591. The molecular weight excluding hydrogens is 433 g/mol. The van der Waals surface area contributed by atoms with Crippen molar-refractivity contribution in [3.8, 4) is 5.75 Å². The fourth-order valence-corrected chi connectivity index (χ4v) is 3.88. The molecule has 2 amide bonds. The van der Waals surface area contributed by atoms with Gasteiger partial charge in [-0.25, -0.2) is 4.39 Å². The number of benzene rings is 2. The number of amides is 2. The second kappa shape index (κ2) is 10.8. The Morgan fingerprint density at radius 3 is 2.59 bits per heavy atom. The summed E-state index contributed by atoms with van der Waals surface area (Å²) in [6, 6.07) is 12.4. The van der Waals surface area contributed by atoms with E-state index in [0.29, 0.717) is 29.0 Å². The van der Waals surface area contributed by atoms with Crippen molar-refractivity contribution < 1.29 is 18.7 Å². The third-order valence-corrected chi connectivity index (χ3v) is 5.60. The zero-order valence-corrected chi connectivity index (χ0v) is 18.8. The summed E-state index contributed by atoms with van der Waals surface area (Å²) in [6.45, 7) is 4.20. The molecule has 0 spiro atoms. The van der Waals surface area contributed by atoms with Crippen molar-refractivity contribution >= 4 is 29.3 Å². The Balaban J connectivity index is 1.64. The van der Waals surface area contributed by atoms with Crippen molar-refractivity contribution in [3.05, 3.63) is 65.7 Å². The number of nitrogens with zero attached hydrogens (tertiary/aromatic N) is 3. The second-order valence-electron chi connectivity index (χ2n) is 6.80. The molecule has 2 aromatic carbocycles. The molecular formula is C22H24FN5O3S. The van der Waals surface area contributed by atoms with E-state index in [4.69, 9.17) is 4.74 Å². The van der Waals surface area contributed by atoms with E-state index in [-0.39, 0.29) is 17.2 Å². The number of hydrogen-bond donors (Lipinski definition) is 2. The summed E-state index contributed by atoms with van der Waals surface area (Å²) in [7, 11) is 1.54. The summed E-state index contributed by atoms with van der Waals surface area (Å²) in [6.07, 6.45) is 0. The third-order valence-electron chi connectivity index (χ3n) is 4.63. The number of hydrogen-bond acceptors (Lipinski definition) is 6. The minimum Gasteiger partial charge on any atom is -0.495 e. The number of rotatable bonds is 9. The van der Waals surface area contributed by atoms with Crippen LogP contribution in [0.5, 0.6) is 5.75 Å². The highest BCUT2D eigenvalue weighted by molar-refractivity contribution is 7.99. The number of methoxy groups -OCH3 is 1. The fourth-order valence-electron chi connectivity index (χ4n) is 3.07. The molecule has 168 valence electrons. The van der Waals surface area contributed by atoms with Crippen molar-refractivity contribution in [2.24, 2.45) is 0 Å². The monoisotopic (exact) mass is 457 g/mol. The first-order chi connectivity index (χ1) is 15.4. The van der Waals surface area contributed by atoms with Gasteiger partial charge >= 0.3 is 0 Å².